The Morgan fingerprint density at radius 2 is 1.89 bits per heavy atom. The van der Waals surface area contributed by atoms with E-state index in [1.807, 2.05) is 24.9 Å². The fraction of sp³-hybridized carbons (Fsp3) is 0.231. The van der Waals surface area contributed by atoms with Gasteiger partial charge in [-0.3, -0.25) is 0 Å². The van der Waals surface area contributed by atoms with Crippen molar-refractivity contribution in [3.8, 4) is 0 Å². The van der Waals surface area contributed by atoms with Gasteiger partial charge in [0.25, 0.3) is 0 Å². The van der Waals surface area contributed by atoms with E-state index in [9.17, 15) is 4.39 Å². The molecule has 0 unspecified atom stereocenters. The summed E-state index contributed by atoms with van der Waals surface area (Å²) in [5.41, 5.74) is 1.03. The maximum absolute atomic E-state index is 12.8. The van der Waals surface area contributed by atoms with Gasteiger partial charge in [-0.25, -0.2) is 14.4 Å². The second kappa shape index (κ2) is 5.44. The lowest BCUT2D eigenvalue weighted by molar-refractivity contribution is 0.627. The standard InChI is InChI=1S/C13H13BrFN3/c1-9-16-12(14)7-13(17-9)18(2)8-10-3-5-11(15)6-4-10/h3-7H,8H2,1-2H3. The summed E-state index contributed by atoms with van der Waals surface area (Å²) in [4.78, 5) is 10.5. The van der Waals surface area contributed by atoms with Crippen LogP contribution in [0.1, 0.15) is 11.4 Å². The number of benzene rings is 1. The van der Waals surface area contributed by atoms with E-state index in [1.54, 1.807) is 12.1 Å². The summed E-state index contributed by atoms with van der Waals surface area (Å²) in [6, 6.07) is 8.33. The van der Waals surface area contributed by atoms with Gasteiger partial charge in [-0.2, -0.15) is 0 Å². The number of nitrogens with zero attached hydrogens (tertiary/aromatic N) is 3. The van der Waals surface area contributed by atoms with Gasteiger partial charge in [0.2, 0.25) is 0 Å². The van der Waals surface area contributed by atoms with E-state index < -0.39 is 0 Å². The van der Waals surface area contributed by atoms with Gasteiger partial charge in [0, 0.05) is 19.7 Å². The first-order valence-corrected chi connectivity index (χ1v) is 6.30. The minimum absolute atomic E-state index is 0.220. The summed E-state index contributed by atoms with van der Waals surface area (Å²) in [5.74, 6) is 1.33. The van der Waals surface area contributed by atoms with Crippen molar-refractivity contribution in [3.63, 3.8) is 0 Å². The SMILES string of the molecule is Cc1nc(Br)cc(N(C)Cc2ccc(F)cc2)n1. The molecule has 0 radical (unpaired) electrons. The van der Waals surface area contributed by atoms with E-state index in [4.69, 9.17) is 0 Å². The van der Waals surface area contributed by atoms with E-state index in [1.165, 1.54) is 12.1 Å². The van der Waals surface area contributed by atoms with E-state index in [2.05, 4.69) is 25.9 Å². The maximum atomic E-state index is 12.8. The number of aryl methyl sites for hydroxylation is 1. The van der Waals surface area contributed by atoms with Crippen molar-refractivity contribution in [1.82, 2.24) is 9.97 Å². The second-order valence-corrected chi connectivity index (χ2v) is 4.89. The molecule has 0 aliphatic heterocycles. The molecule has 0 spiro atoms. The lowest BCUT2D eigenvalue weighted by Crippen LogP contribution is -2.18. The minimum atomic E-state index is -0.220. The third-order valence-corrected chi connectivity index (χ3v) is 2.92. The summed E-state index contributed by atoms with van der Waals surface area (Å²) in [6.07, 6.45) is 0. The Hall–Kier alpha value is -1.49. The molecule has 5 heteroatoms. The Morgan fingerprint density at radius 1 is 1.22 bits per heavy atom. The Labute approximate surface area is 114 Å². The highest BCUT2D eigenvalue weighted by atomic mass is 79.9. The molecule has 2 aromatic rings. The number of halogens is 2. The normalized spacial score (nSPS) is 10.4. The van der Waals surface area contributed by atoms with Crippen molar-refractivity contribution in [3.05, 3.63) is 52.1 Å². The first-order valence-electron chi connectivity index (χ1n) is 5.51. The molecule has 18 heavy (non-hydrogen) atoms. The zero-order valence-electron chi connectivity index (χ0n) is 10.2. The van der Waals surface area contributed by atoms with Gasteiger partial charge in [0.1, 0.15) is 22.1 Å². The molecule has 2 rings (SSSR count). The topological polar surface area (TPSA) is 29.0 Å². The molecule has 0 amide bonds. The number of rotatable bonds is 3. The predicted molar refractivity (Wildman–Crippen MR) is 73.0 cm³/mol. The van der Waals surface area contributed by atoms with Gasteiger partial charge in [0.05, 0.1) is 0 Å². The van der Waals surface area contributed by atoms with Crippen LogP contribution in [0.3, 0.4) is 0 Å². The van der Waals surface area contributed by atoms with Gasteiger partial charge in [-0.05, 0) is 40.5 Å². The van der Waals surface area contributed by atoms with Crippen molar-refractivity contribution < 1.29 is 4.39 Å². The highest BCUT2D eigenvalue weighted by Crippen LogP contribution is 2.17. The van der Waals surface area contributed by atoms with Crippen LogP contribution in [0.2, 0.25) is 0 Å². The second-order valence-electron chi connectivity index (χ2n) is 4.08. The predicted octanol–water partition coefficient (Wildman–Crippen LogP) is 3.32. The van der Waals surface area contributed by atoms with E-state index in [-0.39, 0.29) is 5.82 Å². The van der Waals surface area contributed by atoms with E-state index in [0.29, 0.717) is 12.4 Å². The van der Waals surface area contributed by atoms with Crippen LogP contribution in [0.4, 0.5) is 10.2 Å². The fourth-order valence-electron chi connectivity index (χ4n) is 1.66. The van der Waals surface area contributed by atoms with E-state index in [0.717, 1.165) is 16.0 Å². The molecule has 0 N–H and O–H groups in total. The highest BCUT2D eigenvalue weighted by molar-refractivity contribution is 9.10. The quantitative estimate of drug-likeness (QED) is 0.814. The molecular formula is C13H13BrFN3. The summed E-state index contributed by atoms with van der Waals surface area (Å²) >= 11 is 3.35. The molecule has 0 aliphatic rings. The van der Waals surface area contributed by atoms with Crippen LogP contribution in [-0.4, -0.2) is 17.0 Å². The molecule has 0 bridgehead atoms. The molecule has 0 saturated heterocycles. The summed E-state index contributed by atoms with van der Waals surface area (Å²) in [7, 11) is 1.94. The molecule has 1 aromatic carbocycles. The van der Waals surface area contributed by atoms with Crippen molar-refractivity contribution in [2.45, 2.75) is 13.5 Å². The molecule has 1 aromatic heterocycles. The largest absolute Gasteiger partial charge is 0.355 e. The van der Waals surface area contributed by atoms with Gasteiger partial charge in [0.15, 0.2) is 0 Å². The highest BCUT2D eigenvalue weighted by Gasteiger charge is 2.06. The zero-order chi connectivity index (χ0) is 13.1. The van der Waals surface area contributed by atoms with Gasteiger partial charge in [-0.15, -0.1) is 0 Å². The van der Waals surface area contributed by atoms with Gasteiger partial charge >= 0.3 is 0 Å². The lowest BCUT2D eigenvalue weighted by Gasteiger charge is -2.18. The van der Waals surface area contributed by atoms with Crippen LogP contribution < -0.4 is 4.90 Å². The molecule has 0 fully saturated rings. The summed E-state index contributed by atoms with van der Waals surface area (Å²) < 4.78 is 13.6. The van der Waals surface area contributed by atoms with Gasteiger partial charge < -0.3 is 4.90 Å². The van der Waals surface area contributed by atoms with E-state index >= 15 is 0 Å². The molecule has 94 valence electrons. The first kappa shape index (κ1) is 13.0. The van der Waals surface area contributed by atoms with Crippen molar-refractivity contribution >= 4 is 21.7 Å². The van der Waals surface area contributed by atoms with Crippen LogP contribution in [0, 0.1) is 12.7 Å². The van der Waals surface area contributed by atoms with Crippen molar-refractivity contribution in [2.24, 2.45) is 0 Å². The Bertz CT molecular complexity index is 522. The Morgan fingerprint density at radius 3 is 2.50 bits per heavy atom. The Kier molecular flexibility index (Phi) is 3.91. The monoisotopic (exact) mass is 309 g/mol. The summed E-state index contributed by atoms with van der Waals surface area (Å²) in [5, 5.41) is 0. The first-order chi connectivity index (χ1) is 8.54. The lowest BCUT2D eigenvalue weighted by atomic mass is 10.2. The van der Waals surface area contributed by atoms with Crippen molar-refractivity contribution in [2.75, 3.05) is 11.9 Å². The van der Waals surface area contributed by atoms with Crippen LogP contribution in [0.5, 0.6) is 0 Å². The molecule has 1 heterocycles. The Balaban J connectivity index is 2.16. The fourth-order valence-corrected chi connectivity index (χ4v) is 2.12. The third-order valence-electron chi connectivity index (χ3n) is 2.52. The smallest absolute Gasteiger partial charge is 0.133 e. The number of hydrogen-bond acceptors (Lipinski definition) is 3. The molecule has 3 nitrogen and oxygen atoms in total. The molecule has 0 saturated carbocycles. The molecule has 0 atom stereocenters. The third kappa shape index (κ3) is 3.26. The average molecular weight is 310 g/mol. The molecule has 0 aliphatic carbocycles. The van der Waals surface area contributed by atoms with Gasteiger partial charge in [-0.1, -0.05) is 12.1 Å². The van der Waals surface area contributed by atoms with Crippen LogP contribution in [-0.2, 0) is 6.54 Å². The average Bonchev–Trinajstić information content (AvgIpc) is 2.31. The minimum Gasteiger partial charge on any atom is -0.355 e. The van der Waals surface area contributed by atoms with Crippen LogP contribution >= 0.6 is 15.9 Å². The van der Waals surface area contributed by atoms with Crippen LogP contribution in [0.25, 0.3) is 0 Å². The summed E-state index contributed by atoms with van der Waals surface area (Å²) in [6.45, 7) is 2.52. The van der Waals surface area contributed by atoms with Crippen molar-refractivity contribution in [1.29, 1.82) is 0 Å². The number of aromatic nitrogens is 2. The van der Waals surface area contributed by atoms with Crippen LogP contribution in [0.15, 0.2) is 34.9 Å². The number of anilines is 1. The maximum Gasteiger partial charge on any atom is 0.133 e. The number of hydrogen-bond donors (Lipinski definition) is 0. The molecular weight excluding hydrogens is 297 g/mol. The zero-order valence-corrected chi connectivity index (χ0v) is 11.8.